The Morgan fingerprint density at radius 3 is 2.73 bits per heavy atom. The largest absolute Gasteiger partial charge is 0.422 e. The summed E-state index contributed by atoms with van der Waals surface area (Å²) < 4.78 is 5.27. The van der Waals surface area contributed by atoms with Crippen molar-refractivity contribution >= 4 is 27.7 Å². The Kier molecular flexibility index (Phi) is 2.62. The first kappa shape index (κ1) is 12.5. The van der Waals surface area contributed by atoms with Crippen molar-refractivity contribution in [2.45, 2.75) is 0 Å². The maximum absolute atomic E-state index is 12.1. The van der Waals surface area contributed by atoms with E-state index in [4.69, 9.17) is 10.2 Å². The van der Waals surface area contributed by atoms with Crippen LogP contribution >= 0.6 is 0 Å². The van der Waals surface area contributed by atoms with Crippen LogP contribution in [-0.4, -0.2) is 15.0 Å². The van der Waals surface area contributed by atoms with Gasteiger partial charge >= 0.3 is 5.63 Å². The summed E-state index contributed by atoms with van der Waals surface area (Å²) in [7, 11) is 0. The molecule has 0 saturated carbocycles. The van der Waals surface area contributed by atoms with E-state index >= 15 is 0 Å². The number of nitrogens with zero attached hydrogens (tertiary/aromatic N) is 3. The van der Waals surface area contributed by atoms with Gasteiger partial charge in [-0.3, -0.25) is 4.98 Å². The second-order valence-electron chi connectivity index (χ2n) is 4.78. The number of nitrogens with two attached hydrogens (primary N) is 1. The fourth-order valence-corrected chi connectivity index (χ4v) is 2.40. The molecule has 6 heteroatoms. The van der Waals surface area contributed by atoms with E-state index in [1.54, 1.807) is 30.6 Å². The Hall–Kier alpha value is -3.28. The summed E-state index contributed by atoms with van der Waals surface area (Å²) in [6.07, 6.45) is 3.31. The van der Waals surface area contributed by atoms with Crippen LogP contribution in [0.2, 0.25) is 0 Å². The highest BCUT2D eigenvalue weighted by Gasteiger charge is 2.15. The minimum absolute atomic E-state index is 0.100. The van der Waals surface area contributed by atoms with Crippen molar-refractivity contribution in [2.75, 3.05) is 5.73 Å². The molecule has 0 aliphatic rings. The van der Waals surface area contributed by atoms with Gasteiger partial charge in [-0.1, -0.05) is 12.1 Å². The van der Waals surface area contributed by atoms with Crippen LogP contribution in [0.25, 0.3) is 33.3 Å². The van der Waals surface area contributed by atoms with Crippen LogP contribution < -0.4 is 11.4 Å². The Morgan fingerprint density at radius 2 is 1.91 bits per heavy atom. The zero-order chi connectivity index (χ0) is 15.1. The van der Waals surface area contributed by atoms with Crippen molar-refractivity contribution < 1.29 is 4.42 Å². The van der Waals surface area contributed by atoms with Crippen LogP contribution in [0.1, 0.15) is 0 Å². The average molecular weight is 290 g/mol. The fraction of sp³-hybridized carbons (Fsp3) is 0. The molecule has 1 aromatic carbocycles. The lowest BCUT2D eigenvalue weighted by Crippen LogP contribution is -2.08. The molecule has 0 unspecified atom stereocenters. The van der Waals surface area contributed by atoms with Crippen molar-refractivity contribution in [3.8, 4) is 11.4 Å². The lowest BCUT2D eigenvalue weighted by Gasteiger charge is -2.06. The van der Waals surface area contributed by atoms with Crippen molar-refractivity contribution in [3.63, 3.8) is 0 Å². The third kappa shape index (κ3) is 1.81. The summed E-state index contributed by atoms with van der Waals surface area (Å²) in [4.78, 5) is 24.9. The smallest absolute Gasteiger partial charge is 0.349 e. The van der Waals surface area contributed by atoms with Gasteiger partial charge < -0.3 is 10.2 Å². The molecule has 0 radical (unpaired) electrons. The van der Waals surface area contributed by atoms with Gasteiger partial charge in [-0.2, -0.15) is 0 Å². The number of aromatic nitrogens is 3. The van der Waals surface area contributed by atoms with Gasteiger partial charge in [0.05, 0.1) is 5.52 Å². The van der Waals surface area contributed by atoms with E-state index in [1.165, 1.54) is 0 Å². The molecule has 3 aromatic heterocycles. The maximum Gasteiger partial charge on any atom is 0.349 e. The Bertz CT molecular complexity index is 1060. The summed E-state index contributed by atoms with van der Waals surface area (Å²) in [6.45, 7) is 0. The van der Waals surface area contributed by atoms with E-state index < -0.39 is 5.63 Å². The Labute approximate surface area is 124 Å². The minimum Gasteiger partial charge on any atom is -0.422 e. The van der Waals surface area contributed by atoms with Gasteiger partial charge in [0, 0.05) is 23.3 Å². The standard InChI is InChI=1S/C16H10N4O2/c17-14-12-13(10-5-1-2-6-11(10)22-16(12)21)19-15(20-14)9-4-3-7-18-8-9/h1-8H,(H2,17,19,20). The molecule has 0 atom stereocenters. The molecule has 3 heterocycles. The van der Waals surface area contributed by atoms with Crippen LogP contribution in [0.15, 0.2) is 58.0 Å². The number of para-hydroxylation sites is 1. The summed E-state index contributed by atoms with van der Waals surface area (Å²) >= 11 is 0. The van der Waals surface area contributed by atoms with Crippen molar-refractivity contribution in [1.29, 1.82) is 0 Å². The molecule has 4 aromatic rings. The molecule has 0 amide bonds. The highest BCUT2D eigenvalue weighted by molar-refractivity contribution is 6.05. The molecule has 6 nitrogen and oxygen atoms in total. The summed E-state index contributed by atoms with van der Waals surface area (Å²) in [5.41, 5.74) is 7.10. The monoisotopic (exact) mass is 290 g/mol. The van der Waals surface area contributed by atoms with E-state index in [0.717, 1.165) is 10.9 Å². The van der Waals surface area contributed by atoms with E-state index in [2.05, 4.69) is 15.0 Å². The first-order valence-corrected chi connectivity index (χ1v) is 6.63. The topological polar surface area (TPSA) is 94.9 Å². The van der Waals surface area contributed by atoms with E-state index in [-0.39, 0.29) is 11.2 Å². The van der Waals surface area contributed by atoms with Crippen LogP contribution in [0.3, 0.4) is 0 Å². The normalized spacial score (nSPS) is 11.1. The van der Waals surface area contributed by atoms with Gasteiger partial charge in [-0.05, 0) is 24.3 Å². The van der Waals surface area contributed by atoms with E-state index in [9.17, 15) is 4.79 Å². The second-order valence-corrected chi connectivity index (χ2v) is 4.78. The fourth-order valence-electron chi connectivity index (χ4n) is 2.40. The molecule has 4 rings (SSSR count). The maximum atomic E-state index is 12.1. The molecule has 0 aliphatic carbocycles. The van der Waals surface area contributed by atoms with Gasteiger partial charge in [0.25, 0.3) is 0 Å². The average Bonchev–Trinajstić information content (AvgIpc) is 2.55. The summed E-state index contributed by atoms with van der Waals surface area (Å²) in [5, 5.41) is 0.919. The lowest BCUT2D eigenvalue weighted by atomic mass is 10.1. The first-order chi connectivity index (χ1) is 10.7. The molecule has 0 saturated heterocycles. The SMILES string of the molecule is Nc1nc(-c2cccnc2)nc2c1c(=O)oc1ccccc12. The zero-order valence-electron chi connectivity index (χ0n) is 11.4. The first-order valence-electron chi connectivity index (χ1n) is 6.63. The number of rotatable bonds is 1. The van der Waals surface area contributed by atoms with Crippen LogP contribution in [0.5, 0.6) is 0 Å². The van der Waals surface area contributed by atoms with Gasteiger partial charge in [0.2, 0.25) is 0 Å². The molecule has 0 spiro atoms. The third-order valence-electron chi connectivity index (χ3n) is 3.41. The molecular formula is C16H10N4O2. The number of fused-ring (bicyclic) bond motifs is 3. The van der Waals surface area contributed by atoms with Gasteiger partial charge in [0.15, 0.2) is 5.82 Å². The van der Waals surface area contributed by atoms with Gasteiger partial charge in [-0.15, -0.1) is 0 Å². The van der Waals surface area contributed by atoms with Crippen molar-refractivity contribution in [3.05, 3.63) is 59.2 Å². The predicted molar refractivity (Wildman–Crippen MR) is 83.2 cm³/mol. The van der Waals surface area contributed by atoms with Crippen molar-refractivity contribution in [1.82, 2.24) is 15.0 Å². The minimum atomic E-state index is -0.538. The van der Waals surface area contributed by atoms with Gasteiger partial charge in [-0.25, -0.2) is 14.8 Å². The molecule has 106 valence electrons. The van der Waals surface area contributed by atoms with Crippen LogP contribution in [-0.2, 0) is 0 Å². The van der Waals surface area contributed by atoms with Crippen molar-refractivity contribution in [2.24, 2.45) is 0 Å². The molecule has 0 aliphatic heterocycles. The predicted octanol–water partition coefficient (Wildman–Crippen LogP) is 2.38. The molecule has 0 bridgehead atoms. The Morgan fingerprint density at radius 1 is 1.05 bits per heavy atom. The molecule has 0 fully saturated rings. The number of anilines is 1. The van der Waals surface area contributed by atoms with Crippen LogP contribution in [0.4, 0.5) is 5.82 Å². The second kappa shape index (κ2) is 4.63. The van der Waals surface area contributed by atoms with Crippen LogP contribution in [0, 0.1) is 0 Å². The number of pyridine rings is 1. The molecule has 22 heavy (non-hydrogen) atoms. The zero-order valence-corrected chi connectivity index (χ0v) is 11.4. The Balaban J connectivity index is 2.17. The highest BCUT2D eigenvalue weighted by Crippen LogP contribution is 2.26. The third-order valence-corrected chi connectivity index (χ3v) is 3.41. The lowest BCUT2D eigenvalue weighted by molar-refractivity contribution is 0.569. The highest BCUT2D eigenvalue weighted by atomic mass is 16.4. The number of hydrogen-bond acceptors (Lipinski definition) is 6. The summed E-state index contributed by atoms with van der Waals surface area (Å²) in [6, 6.07) is 10.8. The van der Waals surface area contributed by atoms with E-state index in [1.807, 2.05) is 18.2 Å². The molecule has 2 N–H and O–H groups in total. The number of hydrogen-bond donors (Lipinski definition) is 1. The van der Waals surface area contributed by atoms with E-state index in [0.29, 0.717) is 16.9 Å². The molecular weight excluding hydrogens is 280 g/mol. The number of benzene rings is 1. The summed E-state index contributed by atoms with van der Waals surface area (Å²) in [5.74, 6) is 0.525. The quantitative estimate of drug-likeness (QED) is 0.427. The number of nitrogen functional groups attached to an aromatic ring is 1. The van der Waals surface area contributed by atoms with Gasteiger partial charge in [0.1, 0.15) is 16.8 Å².